The molecule has 1 atom stereocenters. The highest BCUT2D eigenvalue weighted by atomic mass is 32.2. The first kappa shape index (κ1) is 34.2. The van der Waals surface area contributed by atoms with E-state index in [0.29, 0.717) is 38.7 Å². The first-order chi connectivity index (χ1) is 25.7. The molecule has 0 unspecified atom stereocenters. The zero-order chi connectivity index (χ0) is 36.7. The molecule has 0 amide bonds. The number of halogens is 3. The van der Waals surface area contributed by atoms with Gasteiger partial charge in [-0.2, -0.15) is 13.2 Å². The Morgan fingerprint density at radius 3 is 2.43 bits per heavy atom. The first-order valence-corrected chi connectivity index (χ1v) is 17.8. The lowest BCUT2D eigenvalue weighted by molar-refractivity contribution is -0.141. The lowest BCUT2D eigenvalue weighted by Crippen LogP contribution is -2.40. The fraction of sp³-hybridized carbons (Fsp3) is 0.132. The molecule has 6 aromatic rings. The Balaban J connectivity index is 1.21. The van der Waals surface area contributed by atoms with Crippen molar-refractivity contribution in [1.29, 1.82) is 0 Å². The minimum absolute atomic E-state index is 0.0366. The van der Waals surface area contributed by atoms with E-state index >= 15 is 0 Å². The Morgan fingerprint density at radius 2 is 1.70 bits per heavy atom. The number of carbonyl (C=O) groups is 1. The van der Waals surface area contributed by atoms with Gasteiger partial charge in [0, 0.05) is 17.2 Å². The molecule has 3 aromatic heterocycles. The fourth-order valence-electron chi connectivity index (χ4n) is 5.90. The van der Waals surface area contributed by atoms with Gasteiger partial charge >= 0.3 is 12.1 Å². The number of fused-ring (bicyclic) bond motifs is 2. The van der Waals surface area contributed by atoms with E-state index < -0.39 is 29.4 Å². The summed E-state index contributed by atoms with van der Waals surface area (Å²) >= 11 is 1.91. The normalized spacial score (nSPS) is 15.3. The van der Waals surface area contributed by atoms with Gasteiger partial charge in [0.05, 0.1) is 34.1 Å². The van der Waals surface area contributed by atoms with Crippen LogP contribution < -0.4 is 24.4 Å². The van der Waals surface area contributed by atoms with Crippen molar-refractivity contribution in [1.82, 2.24) is 14.5 Å². The van der Waals surface area contributed by atoms with Crippen LogP contribution in [0.1, 0.15) is 35.5 Å². The molecule has 0 bridgehead atoms. The van der Waals surface area contributed by atoms with Crippen LogP contribution in [0.3, 0.4) is 0 Å². The molecule has 8 rings (SSSR count). The molecule has 0 saturated carbocycles. The molecule has 0 saturated heterocycles. The number of alkyl halides is 3. The molecule has 266 valence electrons. The molecule has 0 spiro atoms. The van der Waals surface area contributed by atoms with Gasteiger partial charge in [-0.3, -0.25) is 9.36 Å². The molecule has 2 aliphatic heterocycles. The van der Waals surface area contributed by atoms with Crippen LogP contribution >= 0.6 is 23.1 Å². The molecule has 0 radical (unpaired) electrons. The Hall–Kier alpha value is -5.93. The number of carbonyl (C=O) groups excluding carboxylic acids is 1. The predicted molar refractivity (Wildman–Crippen MR) is 189 cm³/mol. The maximum absolute atomic E-state index is 14.3. The molecule has 15 heteroatoms. The number of hydrogen-bond donors (Lipinski definition) is 0. The van der Waals surface area contributed by atoms with Crippen LogP contribution in [-0.2, 0) is 15.7 Å². The van der Waals surface area contributed by atoms with Gasteiger partial charge in [0.15, 0.2) is 26.5 Å². The van der Waals surface area contributed by atoms with Gasteiger partial charge in [0.1, 0.15) is 11.5 Å². The number of aromatic nitrogens is 3. The zero-order valence-electron chi connectivity index (χ0n) is 27.5. The minimum atomic E-state index is -4.70. The van der Waals surface area contributed by atoms with Crippen LogP contribution in [0.4, 0.5) is 13.2 Å². The molecular weight excluding hydrogens is 730 g/mol. The monoisotopic (exact) mass is 754 g/mol. The Bertz CT molecular complexity index is 2580. The number of nitrogens with zero attached hydrogens (tertiary/aromatic N) is 4. The summed E-state index contributed by atoms with van der Waals surface area (Å²) in [5, 5.41) is 0.0409. The number of rotatable bonds is 8. The van der Waals surface area contributed by atoms with Crippen LogP contribution in [0.25, 0.3) is 23.0 Å². The molecule has 10 nitrogen and oxygen atoms in total. The third-order valence-electron chi connectivity index (χ3n) is 8.22. The van der Waals surface area contributed by atoms with Crippen molar-refractivity contribution >= 4 is 40.8 Å². The highest BCUT2D eigenvalue weighted by Gasteiger charge is 2.36. The number of benzene rings is 3. The number of thiazole rings is 1. The highest BCUT2D eigenvalue weighted by Crippen LogP contribution is 2.40. The minimum Gasteiger partial charge on any atom is -0.463 e. The second kappa shape index (κ2) is 13.9. The van der Waals surface area contributed by atoms with Gasteiger partial charge in [0.25, 0.3) is 5.56 Å². The summed E-state index contributed by atoms with van der Waals surface area (Å²) in [5.74, 6) is 0.615. The highest BCUT2D eigenvalue weighted by molar-refractivity contribution is 7.99. The molecule has 0 fully saturated rings. The van der Waals surface area contributed by atoms with Crippen LogP contribution in [0.15, 0.2) is 127 Å². The van der Waals surface area contributed by atoms with Crippen molar-refractivity contribution in [3.63, 3.8) is 0 Å². The van der Waals surface area contributed by atoms with Crippen molar-refractivity contribution in [2.45, 2.75) is 29.4 Å². The zero-order valence-corrected chi connectivity index (χ0v) is 29.1. The second-order valence-electron chi connectivity index (χ2n) is 11.6. The number of furan rings is 1. The second-order valence-corrected chi connectivity index (χ2v) is 13.6. The van der Waals surface area contributed by atoms with Crippen LogP contribution in [-0.4, -0.2) is 33.9 Å². The van der Waals surface area contributed by atoms with Gasteiger partial charge in [-0.1, -0.05) is 78.1 Å². The topological polar surface area (TPSA) is 118 Å². The number of ether oxygens (including phenoxy) is 3. The lowest BCUT2D eigenvalue weighted by atomic mass is 9.93. The SMILES string of the molecule is CCOC(=O)C1=C(c2ccccc2)N=c2s/c(=C/c3ccc(Sc4nc(-c5ccccc5)cc(C(F)(F)F)n4)o3)c(=O)n2[C@@H]1c1ccc2c(c1)OCO2. The average Bonchev–Trinajstić information content (AvgIpc) is 3.90. The summed E-state index contributed by atoms with van der Waals surface area (Å²) in [6.45, 7) is 1.83. The van der Waals surface area contributed by atoms with E-state index in [1.54, 1.807) is 67.6 Å². The standard InChI is InChI=1S/C38H25F3N4O6S2/c1-2-48-35(47)31-32(22-11-7-4-8-12-22)44-37-45(33(31)23-13-15-26-27(17-23)50-20-49-26)34(46)28(52-37)18-24-14-16-30(51-24)53-36-42-25(21-9-5-3-6-10-21)19-29(43-36)38(39,40)41/h3-19,33H,2,20H2,1H3/b28-18+/t33-/m1/s1. The summed E-state index contributed by atoms with van der Waals surface area (Å²) in [5.41, 5.74) is 0.812. The molecule has 53 heavy (non-hydrogen) atoms. The van der Waals surface area contributed by atoms with Gasteiger partial charge in [-0.05, 0) is 54.6 Å². The van der Waals surface area contributed by atoms with E-state index in [0.717, 1.165) is 29.2 Å². The van der Waals surface area contributed by atoms with E-state index in [2.05, 4.69) is 9.97 Å². The van der Waals surface area contributed by atoms with Crippen molar-refractivity contribution in [2.75, 3.05) is 13.4 Å². The molecule has 2 aliphatic rings. The quantitative estimate of drug-likeness (QED) is 0.121. The molecule has 5 heterocycles. The number of hydrogen-bond acceptors (Lipinski definition) is 11. The van der Waals surface area contributed by atoms with Crippen molar-refractivity contribution in [2.24, 2.45) is 4.99 Å². The molecule has 0 aliphatic carbocycles. The van der Waals surface area contributed by atoms with Crippen molar-refractivity contribution in [3.8, 4) is 22.8 Å². The third-order valence-corrected chi connectivity index (χ3v) is 9.99. The largest absolute Gasteiger partial charge is 0.463 e. The molecular formula is C38H25F3N4O6S2. The van der Waals surface area contributed by atoms with Gasteiger partial charge in [-0.25, -0.2) is 19.8 Å². The van der Waals surface area contributed by atoms with Gasteiger partial charge < -0.3 is 18.6 Å². The van der Waals surface area contributed by atoms with E-state index in [1.165, 1.54) is 10.6 Å². The van der Waals surface area contributed by atoms with Crippen LogP contribution in [0.5, 0.6) is 11.5 Å². The van der Waals surface area contributed by atoms with E-state index in [-0.39, 0.29) is 45.2 Å². The summed E-state index contributed by atoms with van der Waals surface area (Å²) in [6, 6.07) is 25.9. The Labute approximate surface area is 306 Å². The van der Waals surface area contributed by atoms with Crippen molar-refractivity contribution in [3.05, 3.63) is 145 Å². The summed E-state index contributed by atoms with van der Waals surface area (Å²) in [6.07, 6.45) is -3.18. The maximum atomic E-state index is 14.3. The van der Waals surface area contributed by atoms with Gasteiger partial charge in [-0.15, -0.1) is 0 Å². The maximum Gasteiger partial charge on any atom is 0.433 e. The summed E-state index contributed by atoms with van der Waals surface area (Å²) < 4.78 is 65.7. The molecule has 3 aromatic carbocycles. The summed E-state index contributed by atoms with van der Waals surface area (Å²) in [4.78, 5) is 41.3. The van der Waals surface area contributed by atoms with E-state index in [4.69, 9.17) is 23.6 Å². The van der Waals surface area contributed by atoms with E-state index in [9.17, 15) is 22.8 Å². The summed E-state index contributed by atoms with van der Waals surface area (Å²) in [7, 11) is 0. The smallest absolute Gasteiger partial charge is 0.433 e. The Kier molecular flexibility index (Phi) is 8.96. The average molecular weight is 755 g/mol. The third kappa shape index (κ3) is 6.76. The number of esters is 1. The van der Waals surface area contributed by atoms with Gasteiger partial charge in [0.2, 0.25) is 6.79 Å². The predicted octanol–water partition coefficient (Wildman–Crippen LogP) is 6.88. The lowest BCUT2D eigenvalue weighted by Gasteiger charge is -2.26. The fourth-order valence-corrected chi connectivity index (χ4v) is 7.62. The van der Waals surface area contributed by atoms with Crippen LogP contribution in [0, 0.1) is 0 Å². The first-order valence-electron chi connectivity index (χ1n) is 16.1. The van der Waals surface area contributed by atoms with Crippen LogP contribution in [0.2, 0.25) is 0 Å². The van der Waals surface area contributed by atoms with E-state index in [1.807, 2.05) is 30.3 Å². The van der Waals surface area contributed by atoms with Crippen molar-refractivity contribution < 1.29 is 36.6 Å². The Morgan fingerprint density at radius 1 is 0.962 bits per heavy atom. The molecule has 0 N–H and O–H groups in total.